The molecule has 20 heavy (non-hydrogen) atoms. The van der Waals surface area contributed by atoms with Crippen LogP contribution in [0.1, 0.15) is 37.1 Å². The van der Waals surface area contributed by atoms with Crippen molar-refractivity contribution in [2.75, 3.05) is 31.1 Å². The van der Waals surface area contributed by atoms with Gasteiger partial charge in [-0.3, -0.25) is 4.90 Å². The first-order valence-electron chi connectivity index (χ1n) is 7.64. The smallest absolute Gasteiger partial charge is 0.156 e. The van der Waals surface area contributed by atoms with E-state index in [9.17, 15) is 0 Å². The average molecular weight is 277 g/mol. The van der Waals surface area contributed by atoms with Gasteiger partial charge < -0.3 is 10.6 Å². The van der Waals surface area contributed by atoms with Gasteiger partial charge in [0, 0.05) is 31.2 Å². The lowest BCUT2D eigenvalue weighted by Crippen LogP contribution is -2.37. The molecule has 0 bridgehead atoms. The first-order valence-corrected chi connectivity index (χ1v) is 7.64. The van der Waals surface area contributed by atoms with Crippen molar-refractivity contribution >= 4 is 5.82 Å². The summed E-state index contributed by atoms with van der Waals surface area (Å²) in [6.45, 7) is 13.4. The second-order valence-electron chi connectivity index (χ2n) is 5.53. The SMILES string of the molecule is CCN(CC)C1CCN(c2nnc(C)c(C)c2CN)C1. The Morgan fingerprint density at radius 1 is 1.25 bits per heavy atom. The third kappa shape index (κ3) is 2.79. The second kappa shape index (κ2) is 6.50. The zero-order valence-electron chi connectivity index (χ0n) is 13.2. The fraction of sp³-hybridized carbons (Fsp3) is 0.733. The summed E-state index contributed by atoms with van der Waals surface area (Å²) in [5, 5.41) is 8.70. The molecule has 0 spiro atoms. The molecule has 1 aromatic heterocycles. The van der Waals surface area contributed by atoms with Crippen LogP contribution in [0.4, 0.5) is 5.82 Å². The van der Waals surface area contributed by atoms with Gasteiger partial charge in [-0.1, -0.05) is 13.8 Å². The average Bonchev–Trinajstić information content (AvgIpc) is 2.92. The van der Waals surface area contributed by atoms with Crippen molar-refractivity contribution in [3.05, 3.63) is 16.8 Å². The van der Waals surface area contributed by atoms with Crippen LogP contribution in [0.5, 0.6) is 0 Å². The zero-order valence-corrected chi connectivity index (χ0v) is 13.2. The van der Waals surface area contributed by atoms with E-state index in [0.29, 0.717) is 12.6 Å². The molecule has 0 radical (unpaired) electrons. The van der Waals surface area contributed by atoms with Crippen molar-refractivity contribution < 1.29 is 0 Å². The van der Waals surface area contributed by atoms with E-state index in [0.717, 1.165) is 43.3 Å². The van der Waals surface area contributed by atoms with Crippen LogP contribution in [0.3, 0.4) is 0 Å². The molecule has 1 aliphatic rings. The molecule has 1 atom stereocenters. The Morgan fingerprint density at radius 3 is 2.55 bits per heavy atom. The van der Waals surface area contributed by atoms with Crippen molar-refractivity contribution in [1.82, 2.24) is 15.1 Å². The number of hydrogen-bond donors (Lipinski definition) is 1. The second-order valence-corrected chi connectivity index (χ2v) is 5.53. The molecule has 0 aromatic carbocycles. The largest absolute Gasteiger partial charge is 0.353 e. The Labute approximate surface area is 122 Å². The maximum atomic E-state index is 5.93. The molecule has 1 aromatic rings. The molecule has 0 aliphatic carbocycles. The lowest BCUT2D eigenvalue weighted by molar-refractivity contribution is 0.232. The number of aromatic nitrogens is 2. The number of aryl methyl sites for hydroxylation is 1. The molecule has 0 saturated carbocycles. The van der Waals surface area contributed by atoms with Gasteiger partial charge in [0.15, 0.2) is 5.82 Å². The van der Waals surface area contributed by atoms with E-state index in [1.54, 1.807) is 0 Å². The van der Waals surface area contributed by atoms with Crippen molar-refractivity contribution in [3.63, 3.8) is 0 Å². The predicted octanol–water partition coefficient (Wildman–Crippen LogP) is 1.47. The molecule has 2 rings (SSSR count). The van der Waals surface area contributed by atoms with Crippen molar-refractivity contribution in [2.24, 2.45) is 5.73 Å². The molecule has 112 valence electrons. The highest BCUT2D eigenvalue weighted by atomic mass is 15.3. The third-order valence-corrected chi connectivity index (χ3v) is 4.56. The standard InChI is InChI=1S/C15H27N5/c1-5-19(6-2)13-7-8-20(10-13)15-14(9-16)11(3)12(4)17-18-15/h13H,5-10,16H2,1-4H3. The summed E-state index contributed by atoms with van der Waals surface area (Å²) in [6.07, 6.45) is 1.19. The topological polar surface area (TPSA) is 58.3 Å². The van der Waals surface area contributed by atoms with Crippen LogP contribution in [-0.2, 0) is 6.54 Å². The lowest BCUT2D eigenvalue weighted by atomic mass is 10.1. The van der Waals surface area contributed by atoms with Gasteiger partial charge in [0.2, 0.25) is 0 Å². The quantitative estimate of drug-likeness (QED) is 0.883. The number of hydrogen-bond acceptors (Lipinski definition) is 5. The highest BCUT2D eigenvalue weighted by molar-refractivity contribution is 5.51. The van der Waals surface area contributed by atoms with Crippen molar-refractivity contribution in [2.45, 2.75) is 46.7 Å². The molecule has 2 N–H and O–H groups in total. The molecular formula is C15H27N5. The van der Waals surface area contributed by atoms with Crippen LogP contribution in [0.25, 0.3) is 0 Å². The summed E-state index contributed by atoms with van der Waals surface area (Å²) in [5.41, 5.74) is 9.24. The van der Waals surface area contributed by atoms with E-state index in [2.05, 4.69) is 40.8 Å². The van der Waals surface area contributed by atoms with Crippen LogP contribution < -0.4 is 10.6 Å². The van der Waals surface area contributed by atoms with Crippen molar-refractivity contribution in [1.29, 1.82) is 0 Å². The summed E-state index contributed by atoms with van der Waals surface area (Å²) in [6, 6.07) is 0.624. The minimum absolute atomic E-state index is 0.532. The highest BCUT2D eigenvalue weighted by Gasteiger charge is 2.28. The van der Waals surface area contributed by atoms with Crippen molar-refractivity contribution in [3.8, 4) is 0 Å². The zero-order chi connectivity index (χ0) is 14.7. The summed E-state index contributed by atoms with van der Waals surface area (Å²) >= 11 is 0. The lowest BCUT2D eigenvalue weighted by Gasteiger charge is -2.27. The Balaban J connectivity index is 2.20. The van der Waals surface area contributed by atoms with E-state index in [1.807, 2.05) is 6.92 Å². The van der Waals surface area contributed by atoms with Crippen LogP contribution in [0.2, 0.25) is 0 Å². The Morgan fingerprint density at radius 2 is 1.95 bits per heavy atom. The van der Waals surface area contributed by atoms with Gasteiger partial charge in [0.1, 0.15) is 0 Å². The van der Waals surface area contributed by atoms with Gasteiger partial charge in [-0.05, 0) is 38.9 Å². The molecule has 1 saturated heterocycles. The highest BCUT2D eigenvalue weighted by Crippen LogP contribution is 2.26. The molecule has 5 heteroatoms. The summed E-state index contributed by atoms with van der Waals surface area (Å²) in [7, 11) is 0. The van der Waals surface area contributed by atoms with Gasteiger partial charge in [-0.25, -0.2) is 0 Å². The normalized spacial score (nSPS) is 19.1. The van der Waals surface area contributed by atoms with Gasteiger partial charge in [0.25, 0.3) is 0 Å². The van der Waals surface area contributed by atoms with Crippen LogP contribution in [0.15, 0.2) is 0 Å². The monoisotopic (exact) mass is 277 g/mol. The van der Waals surface area contributed by atoms with E-state index < -0.39 is 0 Å². The van der Waals surface area contributed by atoms with E-state index in [-0.39, 0.29) is 0 Å². The number of nitrogens with zero attached hydrogens (tertiary/aromatic N) is 4. The number of nitrogens with two attached hydrogens (primary N) is 1. The first-order chi connectivity index (χ1) is 9.62. The fourth-order valence-corrected chi connectivity index (χ4v) is 3.11. The molecular weight excluding hydrogens is 250 g/mol. The van der Waals surface area contributed by atoms with Crippen LogP contribution in [-0.4, -0.2) is 47.3 Å². The number of likely N-dealkylation sites (N-methyl/N-ethyl adjacent to an activating group) is 1. The predicted molar refractivity (Wildman–Crippen MR) is 82.9 cm³/mol. The third-order valence-electron chi connectivity index (χ3n) is 4.56. The van der Waals surface area contributed by atoms with Gasteiger partial charge in [-0.15, -0.1) is 5.10 Å². The van der Waals surface area contributed by atoms with Crippen LogP contribution >= 0.6 is 0 Å². The molecule has 1 aliphatic heterocycles. The molecule has 1 unspecified atom stereocenters. The summed E-state index contributed by atoms with van der Waals surface area (Å²) in [5.74, 6) is 0.991. The van der Waals surface area contributed by atoms with E-state index in [1.165, 1.54) is 12.0 Å². The Bertz CT molecular complexity index is 456. The molecule has 5 nitrogen and oxygen atoms in total. The minimum Gasteiger partial charge on any atom is -0.353 e. The summed E-state index contributed by atoms with van der Waals surface area (Å²) < 4.78 is 0. The van der Waals surface area contributed by atoms with Gasteiger partial charge >= 0.3 is 0 Å². The molecule has 0 amide bonds. The van der Waals surface area contributed by atoms with Gasteiger partial charge in [-0.2, -0.15) is 5.10 Å². The van der Waals surface area contributed by atoms with Crippen LogP contribution in [0, 0.1) is 13.8 Å². The first kappa shape index (κ1) is 15.2. The summed E-state index contributed by atoms with van der Waals surface area (Å²) in [4.78, 5) is 4.88. The van der Waals surface area contributed by atoms with Gasteiger partial charge in [0.05, 0.1) is 5.69 Å². The fourth-order valence-electron chi connectivity index (χ4n) is 3.11. The number of rotatable bonds is 5. The Hall–Kier alpha value is -1.20. The maximum Gasteiger partial charge on any atom is 0.156 e. The van der Waals surface area contributed by atoms with E-state index in [4.69, 9.17) is 5.73 Å². The number of anilines is 1. The molecule has 1 fully saturated rings. The Kier molecular flexibility index (Phi) is 4.94. The minimum atomic E-state index is 0.532. The van der Waals surface area contributed by atoms with E-state index >= 15 is 0 Å². The maximum absolute atomic E-state index is 5.93. The molecule has 2 heterocycles.